The molecule has 0 saturated heterocycles. The van der Waals surface area contributed by atoms with Gasteiger partial charge < -0.3 is 5.11 Å². The van der Waals surface area contributed by atoms with Crippen LogP contribution in [-0.4, -0.2) is 27.4 Å². The van der Waals surface area contributed by atoms with E-state index >= 15 is 0 Å². The second kappa shape index (κ2) is 7.00. The summed E-state index contributed by atoms with van der Waals surface area (Å²) in [7, 11) is 0. The number of amides is 1. The van der Waals surface area contributed by atoms with Crippen LogP contribution in [0.4, 0.5) is 0 Å². The minimum Gasteiger partial charge on any atom is -0.508 e. The predicted octanol–water partition coefficient (Wildman–Crippen LogP) is 3.16. The summed E-state index contributed by atoms with van der Waals surface area (Å²) >= 11 is 0. The fourth-order valence-corrected chi connectivity index (χ4v) is 2.32. The molecule has 126 valence electrons. The summed E-state index contributed by atoms with van der Waals surface area (Å²) in [4.78, 5) is 12.1. The molecule has 6 nitrogen and oxygen atoms in total. The third kappa shape index (κ3) is 3.92. The van der Waals surface area contributed by atoms with E-state index in [1.807, 2.05) is 32.0 Å². The van der Waals surface area contributed by atoms with Crippen molar-refractivity contribution in [3.8, 4) is 17.0 Å². The molecule has 0 aliphatic heterocycles. The summed E-state index contributed by atoms with van der Waals surface area (Å²) in [6.07, 6.45) is 1.46. The van der Waals surface area contributed by atoms with Crippen LogP contribution in [-0.2, 0) is 0 Å². The largest absolute Gasteiger partial charge is 0.508 e. The Morgan fingerprint density at radius 2 is 2.00 bits per heavy atom. The van der Waals surface area contributed by atoms with Gasteiger partial charge in [-0.05, 0) is 54.8 Å². The van der Waals surface area contributed by atoms with Crippen molar-refractivity contribution < 1.29 is 9.90 Å². The molecule has 1 amide bonds. The first kappa shape index (κ1) is 16.4. The van der Waals surface area contributed by atoms with Gasteiger partial charge in [0.25, 0.3) is 5.91 Å². The number of phenols is 1. The Balaban J connectivity index is 1.69. The number of carbonyl (C=O) groups is 1. The molecule has 3 N–H and O–H groups in total. The number of aromatic amines is 1. The Kier molecular flexibility index (Phi) is 4.61. The molecule has 3 rings (SSSR count). The van der Waals surface area contributed by atoms with Crippen LogP contribution >= 0.6 is 0 Å². The quantitative estimate of drug-likeness (QED) is 0.505. The molecule has 0 spiro atoms. The van der Waals surface area contributed by atoms with Crippen molar-refractivity contribution in [2.45, 2.75) is 13.8 Å². The van der Waals surface area contributed by atoms with Gasteiger partial charge in [0, 0.05) is 5.56 Å². The van der Waals surface area contributed by atoms with Gasteiger partial charge in [0.1, 0.15) is 11.4 Å². The van der Waals surface area contributed by atoms with Crippen LogP contribution in [0.3, 0.4) is 0 Å². The van der Waals surface area contributed by atoms with Crippen LogP contribution in [0.5, 0.6) is 5.75 Å². The zero-order valence-corrected chi connectivity index (χ0v) is 13.9. The first-order chi connectivity index (χ1) is 12.0. The number of nitrogens with one attached hydrogen (secondary N) is 2. The van der Waals surface area contributed by atoms with E-state index in [9.17, 15) is 9.90 Å². The highest BCUT2D eigenvalue weighted by molar-refractivity contribution is 5.94. The number of phenolic OH excluding ortho intramolecular Hbond substituents is 1. The summed E-state index contributed by atoms with van der Waals surface area (Å²) in [5, 5.41) is 20.2. The lowest BCUT2D eigenvalue weighted by Gasteiger charge is -2.01. The summed E-state index contributed by atoms with van der Waals surface area (Å²) in [5.41, 5.74) is 7.45. The van der Waals surface area contributed by atoms with Crippen LogP contribution in [0.25, 0.3) is 11.3 Å². The van der Waals surface area contributed by atoms with Gasteiger partial charge >= 0.3 is 0 Å². The lowest BCUT2D eigenvalue weighted by molar-refractivity contribution is 0.0950. The fourth-order valence-electron chi connectivity index (χ4n) is 2.32. The first-order valence-electron chi connectivity index (χ1n) is 7.78. The van der Waals surface area contributed by atoms with Gasteiger partial charge in [0.15, 0.2) is 0 Å². The number of benzene rings is 2. The molecule has 25 heavy (non-hydrogen) atoms. The topological polar surface area (TPSA) is 90.4 Å². The molecule has 1 heterocycles. The lowest BCUT2D eigenvalue weighted by atomic mass is 10.0. The second-order valence-electron chi connectivity index (χ2n) is 5.76. The Hall–Kier alpha value is -3.41. The predicted molar refractivity (Wildman–Crippen MR) is 96.7 cm³/mol. The third-order valence-corrected chi connectivity index (χ3v) is 3.88. The number of aryl methyl sites for hydroxylation is 2. The van der Waals surface area contributed by atoms with E-state index in [1.165, 1.54) is 17.3 Å². The molecule has 3 aromatic rings. The molecule has 2 aromatic carbocycles. The van der Waals surface area contributed by atoms with Gasteiger partial charge in [0.05, 0.1) is 11.9 Å². The third-order valence-electron chi connectivity index (χ3n) is 3.88. The van der Waals surface area contributed by atoms with E-state index in [0.29, 0.717) is 17.0 Å². The number of nitrogens with zero attached hydrogens (tertiary/aromatic N) is 2. The van der Waals surface area contributed by atoms with E-state index in [0.717, 1.165) is 5.56 Å². The van der Waals surface area contributed by atoms with Crippen molar-refractivity contribution in [2.24, 2.45) is 5.10 Å². The monoisotopic (exact) mass is 334 g/mol. The van der Waals surface area contributed by atoms with Crippen molar-refractivity contribution in [1.82, 2.24) is 15.6 Å². The molecular formula is C19H18N4O2. The number of rotatable bonds is 4. The zero-order chi connectivity index (χ0) is 17.8. The highest BCUT2D eigenvalue weighted by Crippen LogP contribution is 2.20. The molecular weight excluding hydrogens is 316 g/mol. The minimum absolute atomic E-state index is 0.141. The zero-order valence-electron chi connectivity index (χ0n) is 13.9. The summed E-state index contributed by atoms with van der Waals surface area (Å²) in [6.45, 7) is 4.09. The number of carbonyl (C=O) groups excluding carboxylic acids is 1. The SMILES string of the molecule is Cc1ccc(-c2cc(C(=O)NN=Cc3cccc(O)c3)[nH]n2)cc1C. The van der Waals surface area contributed by atoms with Crippen molar-refractivity contribution >= 4 is 12.1 Å². The number of hydrogen-bond acceptors (Lipinski definition) is 4. The van der Waals surface area contributed by atoms with E-state index in [4.69, 9.17) is 0 Å². The van der Waals surface area contributed by atoms with Gasteiger partial charge in [0.2, 0.25) is 0 Å². The Morgan fingerprint density at radius 1 is 1.16 bits per heavy atom. The van der Waals surface area contributed by atoms with Gasteiger partial charge in [-0.1, -0.05) is 24.3 Å². The lowest BCUT2D eigenvalue weighted by Crippen LogP contribution is -2.17. The van der Waals surface area contributed by atoms with E-state index in [2.05, 4.69) is 20.7 Å². The van der Waals surface area contributed by atoms with Crippen molar-refractivity contribution in [3.05, 3.63) is 70.9 Å². The second-order valence-corrected chi connectivity index (χ2v) is 5.76. The first-order valence-corrected chi connectivity index (χ1v) is 7.78. The molecule has 0 unspecified atom stereocenters. The average Bonchev–Trinajstić information content (AvgIpc) is 3.07. The number of aromatic hydroxyl groups is 1. The maximum Gasteiger partial charge on any atom is 0.289 e. The van der Waals surface area contributed by atoms with Crippen LogP contribution in [0, 0.1) is 13.8 Å². The molecule has 0 atom stereocenters. The highest BCUT2D eigenvalue weighted by Gasteiger charge is 2.10. The van der Waals surface area contributed by atoms with E-state index < -0.39 is 0 Å². The molecule has 0 fully saturated rings. The van der Waals surface area contributed by atoms with Crippen molar-refractivity contribution in [1.29, 1.82) is 0 Å². The number of hydrogen-bond donors (Lipinski definition) is 3. The molecule has 0 saturated carbocycles. The Morgan fingerprint density at radius 3 is 2.76 bits per heavy atom. The molecule has 0 aliphatic rings. The summed E-state index contributed by atoms with van der Waals surface area (Å²) in [6, 6.07) is 14.3. The fraction of sp³-hybridized carbons (Fsp3) is 0.105. The maximum absolute atomic E-state index is 12.1. The average molecular weight is 334 g/mol. The standard InChI is InChI=1S/C19H18N4O2/c1-12-6-7-15(8-13(12)2)17-10-18(22-21-17)19(25)23-20-11-14-4-3-5-16(24)9-14/h3-11,24H,1-2H3,(H,21,22)(H,23,25). The normalized spacial score (nSPS) is 11.0. The molecule has 0 bridgehead atoms. The minimum atomic E-state index is -0.390. The van der Waals surface area contributed by atoms with Gasteiger partial charge in [-0.2, -0.15) is 10.2 Å². The van der Waals surface area contributed by atoms with Crippen molar-refractivity contribution in [2.75, 3.05) is 0 Å². The van der Waals surface area contributed by atoms with Crippen LogP contribution in [0.2, 0.25) is 0 Å². The van der Waals surface area contributed by atoms with Gasteiger partial charge in [-0.15, -0.1) is 0 Å². The van der Waals surface area contributed by atoms with E-state index in [-0.39, 0.29) is 11.7 Å². The summed E-state index contributed by atoms with van der Waals surface area (Å²) < 4.78 is 0. The Bertz CT molecular complexity index is 944. The number of hydrazone groups is 1. The molecule has 0 aliphatic carbocycles. The van der Waals surface area contributed by atoms with Crippen molar-refractivity contribution in [3.63, 3.8) is 0 Å². The molecule has 1 aromatic heterocycles. The van der Waals surface area contributed by atoms with Gasteiger partial charge in [-0.25, -0.2) is 5.43 Å². The van der Waals surface area contributed by atoms with Crippen LogP contribution < -0.4 is 5.43 Å². The summed E-state index contributed by atoms with van der Waals surface area (Å²) in [5.74, 6) is -0.249. The smallest absolute Gasteiger partial charge is 0.289 e. The number of H-pyrrole nitrogens is 1. The highest BCUT2D eigenvalue weighted by atomic mass is 16.3. The van der Waals surface area contributed by atoms with Gasteiger partial charge in [-0.3, -0.25) is 9.89 Å². The Labute approximate surface area is 145 Å². The van der Waals surface area contributed by atoms with E-state index in [1.54, 1.807) is 30.3 Å². The number of aromatic nitrogens is 2. The van der Waals surface area contributed by atoms with Crippen LogP contribution in [0.15, 0.2) is 53.6 Å². The van der Waals surface area contributed by atoms with Crippen LogP contribution in [0.1, 0.15) is 27.2 Å². The molecule has 6 heteroatoms. The maximum atomic E-state index is 12.1. The molecule has 0 radical (unpaired) electrons.